The third-order valence-electron chi connectivity index (χ3n) is 4.75. The molecule has 0 unspecified atom stereocenters. The molecular weight excluding hydrogens is 248 g/mol. The van der Waals surface area contributed by atoms with E-state index in [1.807, 2.05) is 6.20 Å². The summed E-state index contributed by atoms with van der Waals surface area (Å²) in [6.45, 7) is 5.48. The number of hydrogen-bond acceptors (Lipinski definition) is 4. The Morgan fingerprint density at radius 2 is 1.85 bits per heavy atom. The average Bonchev–Trinajstić information content (AvgIpc) is 2.56. The minimum atomic E-state index is 0.526. The second kappa shape index (κ2) is 6.55. The fraction of sp³-hybridized carbons (Fsp3) is 0.688. The van der Waals surface area contributed by atoms with E-state index in [2.05, 4.69) is 26.9 Å². The number of rotatable bonds is 3. The van der Waals surface area contributed by atoms with E-state index in [1.165, 1.54) is 50.9 Å². The average molecular weight is 274 g/mol. The van der Waals surface area contributed by atoms with Crippen molar-refractivity contribution in [1.29, 1.82) is 0 Å². The zero-order valence-corrected chi connectivity index (χ0v) is 12.3. The standard InChI is InChI=1S/C16H26N4/c17-13-14-12-16(4-7-18-14)20-10-5-15(6-11-20)19-8-2-1-3-9-19/h4,7,12,15H,1-3,5-6,8-11,13,17H2. The maximum absolute atomic E-state index is 5.68. The summed E-state index contributed by atoms with van der Waals surface area (Å²) in [6, 6.07) is 5.06. The summed E-state index contributed by atoms with van der Waals surface area (Å²) >= 11 is 0. The molecule has 0 bridgehead atoms. The van der Waals surface area contributed by atoms with Crippen LogP contribution < -0.4 is 10.6 Å². The van der Waals surface area contributed by atoms with Gasteiger partial charge in [0.1, 0.15) is 0 Å². The van der Waals surface area contributed by atoms with Gasteiger partial charge in [-0.25, -0.2) is 0 Å². The zero-order valence-electron chi connectivity index (χ0n) is 12.3. The second-order valence-electron chi connectivity index (χ2n) is 6.02. The van der Waals surface area contributed by atoms with Crippen LogP contribution in [0.5, 0.6) is 0 Å². The Hall–Kier alpha value is -1.13. The molecule has 0 spiro atoms. The maximum Gasteiger partial charge on any atom is 0.0560 e. The van der Waals surface area contributed by atoms with Crippen LogP contribution in [-0.2, 0) is 6.54 Å². The summed E-state index contributed by atoms with van der Waals surface area (Å²) in [5.41, 5.74) is 7.96. The van der Waals surface area contributed by atoms with E-state index in [-0.39, 0.29) is 0 Å². The van der Waals surface area contributed by atoms with Crippen LogP contribution in [0.3, 0.4) is 0 Å². The van der Waals surface area contributed by atoms with Gasteiger partial charge in [0.15, 0.2) is 0 Å². The molecule has 0 amide bonds. The number of nitrogens with two attached hydrogens (primary N) is 1. The van der Waals surface area contributed by atoms with Crippen molar-refractivity contribution in [3.63, 3.8) is 0 Å². The van der Waals surface area contributed by atoms with Crippen LogP contribution in [-0.4, -0.2) is 42.1 Å². The van der Waals surface area contributed by atoms with Crippen LogP contribution in [0.25, 0.3) is 0 Å². The first-order valence-corrected chi connectivity index (χ1v) is 8.01. The topological polar surface area (TPSA) is 45.4 Å². The van der Waals surface area contributed by atoms with Crippen molar-refractivity contribution in [3.05, 3.63) is 24.0 Å². The minimum absolute atomic E-state index is 0.526. The quantitative estimate of drug-likeness (QED) is 0.915. The summed E-state index contributed by atoms with van der Waals surface area (Å²) in [5.74, 6) is 0. The van der Waals surface area contributed by atoms with Gasteiger partial charge in [0.05, 0.1) is 5.69 Å². The number of piperidine rings is 2. The van der Waals surface area contributed by atoms with Gasteiger partial charge in [0.2, 0.25) is 0 Å². The molecular formula is C16H26N4. The Labute approximate surface area is 122 Å². The van der Waals surface area contributed by atoms with Gasteiger partial charge in [0.25, 0.3) is 0 Å². The molecule has 0 aliphatic carbocycles. The fourth-order valence-corrected chi connectivity index (χ4v) is 3.55. The van der Waals surface area contributed by atoms with Gasteiger partial charge in [-0.1, -0.05) is 6.42 Å². The smallest absolute Gasteiger partial charge is 0.0560 e. The molecule has 2 aliphatic heterocycles. The van der Waals surface area contributed by atoms with Gasteiger partial charge in [-0.15, -0.1) is 0 Å². The molecule has 0 aromatic carbocycles. The van der Waals surface area contributed by atoms with Crippen LogP contribution >= 0.6 is 0 Å². The van der Waals surface area contributed by atoms with Crippen molar-refractivity contribution in [2.45, 2.75) is 44.7 Å². The minimum Gasteiger partial charge on any atom is -0.371 e. The predicted molar refractivity (Wildman–Crippen MR) is 82.8 cm³/mol. The summed E-state index contributed by atoms with van der Waals surface area (Å²) in [7, 11) is 0. The van der Waals surface area contributed by atoms with Crippen LogP contribution in [0.1, 0.15) is 37.8 Å². The highest BCUT2D eigenvalue weighted by Crippen LogP contribution is 2.24. The van der Waals surface area contributed by atoms with E-state index in [9.17, 15) is 0 Å². The van der Waals surface area contributed by atoms with E-state index < -0.39 is 0 Å². The molecule has 110 valence electrons. The Morgan fingerprint density at radius 3 is 2.55 bits per heavy atom. The van der Waals surface area contributed by atoms with Crippen molar-refractivity contribution < 1.29 is 0 Å². The molecule has 2 saturated heterocycles. The molecule has 0 saturated carbocycles. The van der Waals surface area contributed by atoms with Gasteiger partial charge < -0.3 is 15.5 Å². The highest BCUT2D eigenvalue weighted by Gasteiger charge is 2.25. The van der Waals surface area contributed by atoms with Crippen LogP contribution in [0.15, 0.2) is 18.3 Å². The highest BCUT2D eigenvalue weighted by molar-refractivity contribution is 5.47. The Kier molecular flexibility index (Phi) is 4.53. The summed E-state index contributed by atoms with van der Waals surface area (Å²) in [6.07, 6.45) is 8.68. The monoisotopic (exact) mass is 274 g/mol. The molecule has 2 aliphatic rings. The molecule has 4 heteroatoms. The lowest BCUT2D eigenvalue weighted by molar-refractivity contribution is 0.141. The Bertz CT molecular complexity index is 420. The molecule has 4 nitrogen and oxygen atoms in total. The predicted octanol–water partition coefficient (Wildman–Crippen LogP) is 1.99. The van der Waals surface area contributed by atoms with E-state index in [0.717, 1.165) is 24.8 Å². The summed E-state index contributed by atoms with van der Waals surface area (Å²) < 4.78 is 0. The van der Waals surface area contributed by atoms with Crippen LogP contribution in [0.2, 0.25) is 0 Å². The molecule has 3 rings (SSSR count). The molecule has 2 N–H and O–H groups in total. The number of pyridine rings is 1. The van der Waals surface area contributed by atoms with Gasteiger partial charge >= 0.3 is 0 Å². The number of hydrogen-bond donors (Lipinski definition) is 1. The molecule has 20 heavy (non-hydrogen) atoms. The van der Waals surface area contributed by atoms with Gasteiger partial charge in [-0.3, -0.25) is 4.98 Å². The number of likely N-dealkylation sites (tertiary alicyclic amines) is 1. The first-order chi connectivity index (χ1) is 9.86. The van der Waals surface area contributed by atoms with Crippen molar-refractivity contribution in [3.8, 4) is 0 Å². The van der Waals surface area contributed by atoms with E-state index in [0.29, 0.717) is 6.54 Å². The third kappa shape index (κ3) is 3.13. The molecule has 0 atom stereocenters. The van der Waals surface area contributed by atoms with Gasteiger partial charge in [0, 0.05) is 37.6 Å². The zero-order chi connectivity index (χ0) is 13.8. The normalized spacial score (nSPS) is 22.1. The summed E-state index contributed by atoms with van der Waals surface area (Å²) in [4.78, 5) is 9.49. The fourth-order valence-electron chi connectivity index (χ4n) is 3.55. The number of nitrogens with zero attached hydrogens (tertiary/aromatic N) is 3. The van der Waals surface area contributed by atoms with Gasteiger partial charge in [-0.2, -0.15) is 0 Å². The lowest BCUT2D eigenvalue weighted by Gasteiger charge is -2.41. The molecule has 2 fully saturated rings. The first-order valence-electron chi connectivity index (χ1n) is 8.01. The molecule has 1 aromatic rings. The second-order valence-corrected chi connectivity index (χ2v) is 6.02. The van der Waals surface area contributed by atoms with E-state index >= 15 is 0 Å². The van der Waals surface area contributed by atoms with Crippen molar-refractivity contribution in [1.82, 2.24) is 9.88 Å². The van der Waals surface area contributed by atoms with Crippen molar-refractivity contribution >= 4 is 5.69 Å². The maximum atomic E-state index is 5.68. The van der Waals surface area contributed by atoms with Crippen molar-refractivity contribution in [2.24, 2.45) is 5.73 Å². The van der Waals surface area contributed by atoms with Crippen LogP contribution in [0.4, 0.5) is 5.69 Å². The first kappa shape index (κ1) is 13.8. The molecule has 1 aromatic heterocycles. The number of anilines is 1. The van der Waals surface area contributed by atoms with E-state index in [4.69, 9.17) is 5.73 Å². The lowest BCUT2D eigenvalue weighted by Crippen LogP contribution is -2.46. The van der Waals surface area contributed by atoms with E-state index in [1.54, 1.807) is 0 Å². The largest absolute Gasteiger partial charge is 0.371 e. The third-order valence-corrected chi connectivity index (χ3v) is 4.75. The molecule has 0 radical (unpaired) electrons. The highest BCUT2D eigenvalue weighted by atomic mass is 15.2. The lowest BCUT2D eigenvalue weighted by atomic mass is 9.99. The van der Waals surface area contributed by atoms with Gasteiger partial charge in [-0.05, 0) is 50.9 Å². The Morgan fingerprint density at radius 1 is 1.10 bits per heavy atom. The SMILES string of the molecule is NCc1cc(N2CCC(N3CCCCC3)CC2)ccn1. The van der Waals surface area contributed by atoms with Crippen molar-refractivity contribution in [2.75, 3.05) is 31.1 Å². The Balaban J connectivity index is 1.57. The summed E-state index contributed by atoms with van der Waals surface area (Å²) in [5, 5.41) is 0. The number of aromatic nitrogens is 1. The molecule has 3 heterocycles. The van der Waals surface area contributed by atoms with Crippen LogP contribution in [0, 0.1) is 0 Å².